The summed E-state index contributed by atoms with van der Waals surface area (Å²) >= 11 is 0. The SMILES string of the molecule is O=C(CC1=CCS(=O)(=O)C1)c1ccccc1. The van der Waals surface area contributed by atoms with Gasteiger partial charge in [0.05, 0.1) is 11.5 Å². The third kappa shape index (κ3) is 2.58. The lowest BCUT2D eigenvalue weighted by Gasteiger charge is -2.00. The predicted octanol–water partition coefficient (Wildman–Crippen LogP) is 1.61. The number of ketones is 1. The fraction of sp³-hybridized carbons (Fsp3) is 0.250. The van der Waals surface area contributed by atoms with Crippen LogP contribution in [-0.2, 0) is 9.84 Å². The Kier molecular flexibility index (Phi) is 2.92. The van der Waals surface area contributed by atoms with Gasteiger partial charge >= 0.3 is 0 Å². The molecule has 1 aliphatic heterocycles. The Hall–Kier alpha value is -1.42. The summed E-state index contributed by atoms with van der Waals surface area (Å²) in [6, 6.07) is 8.93. The third-order valence-corrected chi connectivity index (χ3v) is 4.00. The fourth-order valence-corrected chi connectivity index (χ4v) is 3.09. The molecular formula is C12H12O3S. The van der Waals surface area contributed by atoms with Crippen molar-refractivity contribution >= 4 is 15.6 Å². The Labute approximate surface area is 94.7 Å². The van der Waals surface area contributed by atoms with E-state index in [9.17, 15) is 13.2 Å². The second-order valence-corrected chi connectivity index (χ2v) is 5.99. The van der Waals surface area contributed by atoms with Crippen LogP contribution in [0.2, 0.25) is 0 Å². The lowest BCUT2D eigenvalue weighted by molar-refractivity contribution is 0.0993. The molecular weight excluding hydrogens is 224 g/mol. The summed E-state index contributed by atoms with van der Waals surface area (Å²) in [5, 5.41) is 0. The van der Waals surface area contributed by atoms with Gasteiger partial charge in [-0.2, -0.15) is 0 Å². The first-order valence-corrected chi connectivity index (χ1v) is 6.85. The lowest BCUT2D eigenvalue weighted by Crippen LogP contribution is -2.06. The van der Waals surface area contributed by atoms with Crippen LogP contribution in [0.1, 0.15) is 16.8 Å². The van der Waals surface area contributed by atoms with E-state index >= 15 is 0 Å². The molecule has 4 heteroatoms. The maximum Gasteiger partial charge on any atom is 0.166 e. The van der Waals surface area contributed by atoms with E-state index in [1.807, 2.05) is 6.07 Å². The molecule has 2 rings (SSSR count). The summed E-state index contributed by atoms with van der Waals surface area (Å²) < 4.78 is 22.4. The number of rotatable bonds is 3. The number of sulfone groups is 1. The molecule has 16 heavy (non-hydrogen) atoms. The molecule has 0 unspecified atom stereocenters. The molecule has 3 nitrogen and oxygen atoms in total. The molecule has 0 bridgehead atoms. The monoisotopic (exact) mass is 236 g/mol. The summed E-state index contributed by atoms with van der Waals surface area (Å²) in [5.74, 6) is 0.0830. The number of hydrogen-bond acceptors (Lipinski definition) is 3. The Morgan fingerprint density at radius 3 is 2.44 bits per heavy atom. The van der Waals surface area contributed by atoms with Crippen molar-refractivity contribution in [2.75, 3.05) is 11.5 Å². The van der Waals surface area contributed by atoms with E-state index in [2.05, 4.69) is 0 Å². The first kappa shape index (κ1) is 11.1. The highest BCUT2D eigenvalue weighted by Crippen LogP contribution is 2.17. The Balaban J connectivity index is 2.05. The molecule has 1 aliphatic rings. The van der Waals surface area contributed by atoms with Crippen LogP contribution >= 0.6 is 0 Å². The number of carbonyl (C=O) groups excluding carboxylic acids is 1. The van der Waals surface area contributed by atoms with Gasteiger partial charge in [0.15, 0.2) is 15.6 Å². The highest BCUT2D eigenvalue weighted by molar-refractivity contribution is 7.92. The molecule has 0 spiro atoms. The normalized spacial score (nSPS) is 18.1. The maximum absolute atomic E-state index is 11.8. The second-order valence-electron chi connectivity index (χ2n) is 3.88. The smallest absolute Gasteiger partial charge is 0.166 e. The molecule has 0 fully saturated rings. The van der Waals surface area contributed by atoms with Gasteiger partial charge in [0.2, 0.25) is 0 Å². The topological polar surface area (TPSA) is 51.2 Å². The van der Waals surface area contributed by atoms with Crippen molar-refractivity contribution in [1.29, 1.82) is 0 Å². The van der Waals surface area contributed by atoms with Gasteiger partial charge in [0.1, 0.15) is 0 Å². The molecule has 0 N–H and O–H groups in total. The molecule has 0 aromatic heterocycles. The van der Waals surface area contributed by atoms with E-state index in [0.717, 1.165) is 0 Å². The van der Waals surface area contributed by atoms with Gasteiger partial charge in [0, 0.05) is 12.0 Å². The van der Waals surface area contributed by atoms with Gasteiger partial charge in [0.25, 0.3) is 0 Å². The van der Waals surface area contributed by atoms with Crippen molar-refractivity contribution in [3.63, 3.8) is 0 Å². The zero-order chi connectivity index (χ0) is 11.6. The maximum atomic E-state index is 11.8. The number of hydrogen-bond donors (Lipinski definition) is 0. The van der Waals surface area contributed by atoms with E-state index in [1.54, 1.807) is 30.3 Å². The van der Waals surface area contributed by atoms with Gasteiger partial charge in [-0.1, -0.05) is 42.0 Å². The highest BCUT2D eigenvalue weighted by Gasteiger charge is 2.21. The fourth-order valence-electron chi connectivity index (χ4n) is 1.70. The minimum Gasteiger partial charge on any atom is -0.294 e. The molecule has 0 radical (unpaired) electrons. The molecule has 0 amide bonds. The van der Waals surface area contributed by atoms with Crippen LogP contribution in [-0.4, -0.2) is 25.7 Å². The second kappa shape index (κ2) is 4.22. The van der Waals surface area contributed by atoms with E-state index in [0.29, 0.717) is 11.1 Å². The van der Waals surface area contributed by atoms with Crippen LogP contribution in [0.5, 0.6) is 0 Å². The molecule has 0 saturated heterocycles. The third-order valence-electron chi connectivity index (χ3n) is 2.51. The van der Waals surface area contributed by atoms with Gasteiger partial charge in [-0.05, 0) is 0 Å². The summed E-state index contributed by atoms with van der Waals surface area (Å²) in [6.07, 6.45) is 1.86. The van der Waals surface area contributed by atoms with Crippen LogP contribution in [0, 0.1) is 0 Å². The van der Waals surface area contributed by atoms with Crippen LogP contribution in [0.25, 0.3) is 0 Å². The van der Waals surface area contributed by atoms with Crippen LogP contribution in [0.15, 0.2) is 42.0 Å². The van der Waals surface area contributed by atoms with Crippen molar-refractivity contribution in [1.82, 2.24) is 0 Å². The van der Waals surface area contributed by atoms with Crippen LogP contribution in [0.3, 0.4) is 0 Å². The molecule has 1 heterocycles. The molecule has 1 aromatic rings. The lowest BCUT2D eigenvalue weighted by atomic mass is 10.0. The molecule has 1 aromatic carbocycles. The first-order valence-electron chi connectivity index (χ1n) is 5.03. The van der Waals surface area contributed by atoms with Crippen molar-refractivity contribution in [2.24, 2.45) is 0 Å². The average Bonchev–Trinajstić information content (AvgIpc) is 2.59. The summed E-state index contributed by atoms with van der Waals surface area (Å²) in [7, 11) is -2.97. The Morgan fingerprint density at radius 1 is 1.19 bits per heavy atom. The molecule has 0 aliphatic carbocycles. The standard InChI is InChI=1S/C12H12O3S/c13-12(11-4-2-1-3-5-11)8-10-6-7-16(14,15)9-10/h1-6H,7-9H2. The summed E-state index contributed by atoms with van der Waals surface area (Å²) in [4.78, 5) is 11.8. The van der Waals surface area contributed by atoms with Gasteiger partial charge in [-0.25, -0.2) is 8.42 Å². The largest absolute Gasteiger partial charge is 0.294 e. The van der Waals surface area contributed by atoms with Crippen molar-refractivity contribution < 1.29 is 13.2 Å². The van der Waals surface area contributed by atoms with Crippen molar-refractivity contribution in [3.8, 4) is 0 Å². The summed E-state index contributed by atoms with van der Waals surface area (Å²) in [6.45, 7) is 0. The minimum atomic E-state index is -2.97. The highest BCUT2D eigenvalue weighted by atomic mass is 32.2. The molecule has 0 saturated carbocycles. The number of benzene rings is 1. The molecule has 84 valence electrons. The average molecular weight is 236 g/mol. The minimum absolute atomic E-state index is 0.0241. The van der Waals surface area contributed by atoms with E-state index in [4.69, 9.17) is 0 Å². The zero-order valence-electron chi connectivity index (χ0n) is 8.72. The Morgan fingerprint density at radius 2 is 1.88 bits per heavy atom. The number of carbonyl (C=O) groups is 1. The van der Waals surface area contributed by atoms with E-state index in [-0.39, 0.29) is 23.7 Å². The van der Waals surface area contributed by atoms with Gasteiger partial charge in [-0.3, -0.25) is 4.79 Å². The van der Waals surface area contributed by atoms with E-state index < -0.39 is 9.84 Å². The molecule has 0 atom stereocenters. The summed E-state index contributed by atoms with van der Waals surface area (Å²) in [5.41, 5.74) is 1.35. The Bertz CT molecular complexity index is 527. The van der Waals surface area contributed by atoms with Crippen molar-refractivity contribution in [3.05, 3.63) is 47.5 Å². The van der Waals surface area contributed by atoms with E-state index in [1.165, 1.54) is 0 Å². The predicted molar refractivity (Wildman–Crippen MR) is 62.1 cm³/mol. The van der Waals surface area contributed by atoms with Crippen molar-refractivity contribution in [2.45, 2.75) is 6.42 Å². The zero-order valence-corrected chi connectivity index (χ0v) is 9.53. The first-order chi connectivity index (χ1) is 7.57. The van der Waals surface area contributed by atoms with Crippen LogP contribution in [0.4, 0.5) is 0 Å². The number of Topliss-reactive ketones (excluding diaryl/α,β-unsaturated/α-hetero) is 1. The van der Waals surface area contributed by atoms with Gasteiger partial charge < -0.3 is 0 Å². The quantitative estimate of drug-likeness (QED) is 0.592. The van der Waals surface area contributed by atoms with Crippen LogP contribution < -0.4 is 0 Å². The van der Waals surface area contributed by atoms with Gasteiger partial charge in [-0.15, -0.1) is 0 Å².